The predicted octanol–water partition coefficient (Wildman–Crippen LogP) is 6.51. The smallest absolute Gasteiger partial charge is 0.135 e. The van der Waals surface area contributed by atoms with Gasteiger partial charge in [-0.3, -0.25) is 0 Å². The van der Waals surface area contributed by atoms with Crippen LogP contribution in [0.25, 0.3) is 44.6 Å². The molecule has 0 unspecified atom stereocenters. The topological polar surface area (TPSA) is 26.3 Å². The molecule has 2 heteroatoms. The third-order valence-corrected chi connectivity index (χ3v) is 4.27. The zero-order chi connectivity index (χ0) is 15.9. The molecule has 2 aromatic heterocycles. The Morgan fingerprint density at radius 3 is 1.29 bits per heavy atom. The first kappa shape index (κ1) is 13.2. The fraction of sp³-hybridized carbons (Fsp3) is 0. The second-order valence-corrected chi connectivity index (χ2v) is 5.88. The molecular formula is C22H14O2. The normalized spacial score (nSPS) is 11.3. The summed E-state index contributed by atoms with van der Waals surface area (Å²) in [5.74, 6) is 1.75. The van der Waals surface area contributed by atoms with Crippen LogP contribution in [0.4, 0.5) is 0 Å². The Hall–Kier alpha value is -3.26. The zero-order valence-electron chi connectivity index (χ0n) is 12.9. The fourth-order valence-corrected chi connectivity index (χ4v) is 3.06. The zero-order valence-corrected chi connectivity index (χ0v) is 12.9. The molecule has 0 atom stereocenters. The van der Waals surface area contributed by atoms with Crippen molar-refractivity contribution in [3.8, 4) is 22.6 Å². The largest absolute Gasteiger partial charge is 0.456 e. The van der Waals surface area contributed by atoms with Gasteiger partial charge in [0.05, 0.1) is 0 Å². The Bertz CT molecular complexity index is 992. The van der Waals surface area contributed by atoms with Gasteiger partial charge in [0.15, 0.2) is 0 Å². The van der Waals surface area contributed by atoms with Crippen molar-refractivity contribution in [3.63, 3.8) is 0 Å². The second kappa shape index (κ2) is 5.14. The summed E-state index contributed by atoms with van der Waals surface area (Å²) in [5.41, 5.74) is 3.91. The molecule has 3 aromatic carbocycles. The molecule has 0 N–H and O–H groups in total. The van der Waals surface area contributed by atoms with Crippen molar-refractivity contribution in [3.05, 3.63) is 84.9 Å². The lowest BCUT2D eigenvalue weighted by atomic mass is 10.1. The average Bonchev–Trinajstić information content (AvgIpc) is 3.24. The number of hydrogen-bond acceptors (Lipinski definition) is 2. The summed E-state index contributed by atoms with van der Waals surface area (Å²) in [6.07, 6.45) is 0. The minimum atomic E-state index is 0.876. The molecule has 5 rings (SSSR count). The molecule has 0 aliphatic rings. The SMILES string of the molecule is c1ccc(-c2cc3cc4oc(-c5ccccc5)cc4cc3o2)cc1. The molecule has 0 spiro atoms. The van der Waals surface area contributed by atoms with Gasteiger partial charge in [0.2, 0.25) is 0 Å². The van der Waals surface area contributed by atoms with Crippen LogP contribution in [0.15, 0.2) is 93.8 Å². The predicted molar refractivity (Wildman–Crippen MR) is 96.9 cm³/mol. The van der Waals surface area contributed by atoms with E-state index in [9.17, 15) is 0 Å². The van der Waals surface area contributed by atoms with Gasteiger partial charge in [-0.15, -0.1) is 0 Å². The van der Waals surface area contributed by atoms with Crippen LogP contribution in [0.2, 0.25) is 0 Å². The van der Waals surface area contributed by atoms with Gasteiger partial charge in [0.25, 0.3) is 0 Å². The fourth-order valence-electron chi connectivity index (χ4n) is 3.06. The van der Waals surface area contributed by atoms with Crippen LogP contribution >= 0.6 is 0 Å². The molecule has 0 radical (unpaired) electrons. The molecular weight excluding hydrogens is 296 g/mol. The van der Waals surface area contributed by atoms with Crippen LogP contribution in [0.3, 0.4) is 0 Å². The third kappa shape index (κ3) is 2.12. The molecule has 0 bridgehead atoms. The minimum absolute atomic E-state index is 0.876. The summed E-state index contributed by atoms with van der Waals surface area (Å²) in [6, 6.07) is 28.5. The van der Waals surface area contributed by atoms with Crippen LogP contribution < -0.4 is 0 Å². The van der Waals surface area contributed by atoms with Crippen molar-refractivity contribution >= 4 is 21.9 Å². The Kier molecular flexibility index (Phi) is 2.83. The Balaban J connectivity index is 1.65. The van der Waals surface area contributed by atoms with Gasteiger partial charge in [-0.05, 0) is 24.3 Å². The van der Waals surface area contributed by atoms with E-state index in [0.29, 0.717) is 0 Å². The van der Waals surface area contributed by atoms with Crippen LogP contribution in [0, 0.1) is 0 Å². The van der Waals surface area contributed by atoms with E-state index in [1.165, 1.54) is 0 Å². The molecule has 5 aromatic rings. The van der Waals surface area contributed by atoms with Gasteiger partial charge in [-0.1, -0.05) is 60.7 Å². The maximum atomic E-state index is 6.04. The standard InChI is InChI=1S/C22H14O2/c1-3-7-15(8-4-1)19-11-17-13-22-18(14-21(17)23-19)12-20(24-22)16-9-5-2-6-10-16/h1-14H. The summed E-state index contributed by atoms with van der Waals surface area (Å²) in [4.78, 5) is 0. The molecule has 24 heavy (non-hydrogen) atoms. The molecule has 0 saturated carbocycles. The monoisotopic (exact) mass is 310 g/mol. The highest BCUT2D eigenvalue weighted by molar-refractivity contribution is 5.96. The van der Waals surface area contributed by atoms with Crippen LogP contribution in [-0.2, 0) is 0 Å². The minimum Gasteiger partial charge on any atom is -0.456 e. The number of fused-ring (bicyclic) bond motifs is 2. The van der Waals surface area contributed by atoms with Crippen LogP contribution in [-0.4, -0.2) is 0 Å². The lowest BCUT2D eigenvalue weighted by Gasteiger charge is -1.93. The van der Waals surface area contributed by atoms with E-state index in [0.717, 1.165) is 44.6 Å². The van der Waals surface area contributed by atoms with Crippen molar-refractivity contribution in [2.24, 2.45) is 0 Å². The van der Waals surface area contributed by atoms with Gasteiger partial charge in [0.1, 0.15) is 22.7 Å². The van der Waals surface area contributed by atoms with Crippen molar-refractivity contribution in [2.75, 3.05) is 0 Å². The first-order valence-electron chi connectivity index (χ1n) is 7.95. The van der Waals surface area contributed by atoms with E-state index in [4.69, 9.17) is 8.83 Å². The van der Waals surface area contributed by atoms with E-state index in [2.05, 4.69) is 36.4 Å². The molecule has 0 aliphatic heterocycles. The van der Waals surface area contributed by atoms with E-state index in [1.807, 2.05) is 48.5 Å². The highest BCUT2D eigenvalue weighted by atomic mass is 16.3. The molecule has 0 aliphatic carbocycles. The average molecular weight is 310 g/mol. The first-order chi connectivity index (χ1) is 11.9. The summed E-state index contributed by atoms with van der Waals surface area (Å²) >= 11 is 0. The molecule has 0 fully saturated rings. The van der Waals surface area contributed by atoms with Gasteiger partial charge in [-0.2, -0.15) is 0 Å². The Labute approximate surface area is 138 Å². The van der Waals surface area contributed by atoms with Crippen LogP contribution in [0.1, 0.15) is 0 Å². The van der Waals surface area contributed by atoms with E-state index >= 15 is 0 Å². The van der Waals surface area contributed by atoms with Crippen molar-refractivity contribution in [2.45, 2.75) is 0 Å². The Morgan fingerprint density at radius 2 is 0.875 bits per heavy atom. The second-order valence-electron chi connectivity index (χ2n) is 5.88. The first-order valence-corrected chi connectivity index (χ1v) is 7.95. The van der Waals surface area contributed by atoms with Gasteiger partial charge in [0, 0.05) is 21.9 Å². The number of hydrogen-bond donors (Lipinski definition) is 0. The van der Waals surface area contributed by atoms with Crippen molar-refractivity contribution in [1.82, 2.24) is 0 Å². The van der Waals surface area contributed by atoms with Crippen LogP contribution in [0.5, 0.6) is 0 Å². The molecule has 114 valence electrons. The maximum absolute atomic E-state index is 6.04. The van der Waals surface area contributed by atoms with E-state index in [-0.39, 0.29) is 0 Å². The summed E-state index contributed by atoms with van der Waals surface area (Å²) in [5, 5.41) is 2.10. The Morgan fingerprint density at radius 1 is 0.458 bits per heavy atom. The van der Waals surface area contributed by atoms with Gasteiger partial charge < -0.3 is 8.83 Å². The summed E-state index contributed by atoms with van der Waals surface area (Å²) in [6.45, 7) is 0. The molecule has 0 amide bonds. The lowest BCUT2D eigenvalue weighted by Crippen LogP contribution is -1.69. The quantitative estimate of drug-likeness (QED) is 0.371. The third-order valence-electron chi connectivity index (χ3n) is 4.27. The van der Waals surface area contributed by atoms with Gasteiger partial charge >= 0.3 is 0 Å². The highest BCUT2D eigenvalue weighted by Crippen LogP contribution is 2.34. The van der Waals surface area contributed by atoms with Gasteiger partial charge in [-0.25, -0.2) is 0 Å². The number of rotatable bonds is 2. The van der Waals surface area contributed by atoms with Crippen molar-refractivity contribution in [1.29, 1.82) is 0 Å². The summed E-state index contributed by atoms with van der Waals surface area (Å²) in [7, 11) is 0. The number of benzene rings is 3. The number of furan rings is 2. The van der Waals surface area contributed by atoms with Crippen molar-refractivity contribution < 1.29 is 8.83 Å². The lowest BCUT2D eigenvalue weighted by molar-refractivity contribution is 0.627. The van der Waals surface area contributed by atoms with E-state index in [1.54, 1.807) is 0 Å². The molecule has 2 nitrogen and oxygen atoms in total. The van der Waals surface area contributed by atoms with E-state index < -0.39 is 0 Å². The maximum Gasteiger partial charge on any atom is 0.135 e. The molecule has 2 heterocycles. The molecule has 0 saturated heterocycles. The summed E-state index contributed by atoms with van der Waals surface area (Å²) < 4.78 is 12.1. The highest BCUT2D eigenvalue weighted by Gasteiger charge is 2.11.